The number of carbonyl (C=O) groups is 1. The first-order valence-electron chi connectivity index (χ1n) is 11.7. The molecule has 2 saturated carbocycles. The molecular formula is C25H22ClN7O3. The summed E-state index contributed by atoms with van der Waals surface area (Å²) in [5.41, 5.74) is 3.46. The predicted octanol–water partition coefficient (Wildman–Crippen LogP) is 4.92. The number of nitrogens with one attached hydrogen (secondary N) is 2. The van der Waals surface area contributed by atoms with Gasteiger partial charge >= 0.3 is 0 Å². The van der Waals surface area contributed by atoms with Gasteiger partial charge in [-0.2, -0.15) is 0 Å². The second kappa shape index (κ2) is 8.87. The Morgan fingerprint density at radius 3 is 2.81 bits per heavy atom. The number of rotatable bonds is 8. The summed E-state index contributed by atoms with van der Waals surface area (Å²) in [6.07, 6.45) is 8.53. The minimum Gasteiger partial charge on any atom is -0.364 e. The predicted molar refractivity (Wildman–Crippen MR) is 134 cm³/mol. The zero-order chi connectivity index (χ0) is 24.8. The molecule has 11 heteroatoms. The lowest BCUT2D eigenvalue weighted by atomic mass is 10.1. The number of anilines is 2. The number of nitrogens with zero attached hydrogens (tertiary/aromatic N) is 5. The monoisotopic (exact) mass is 503 g/mol. The largest absolute Gasteiger partial charge is 0.364 e. The summed E-state index contributed by atoms with van der Waals surface area (Å²) >= 11 is 6.02. The van der Waals surface area contributed by atoms with Gasteiger partial charge in [-0.15, -0.1) is 0 Å². The molecule has 0 radical (unpaired) electrons. The normalized spacial score (nSPS) is 18.7. The van der Waals surface area contributed by atoms with Crippen LogP contribution in [0.1, 0.15) is 47.9 Å². The van der Waals surface area contributed by atoms with Gasteiger partial charge in [0.05, 0.1) is 17.2 Å². The minimum absolute atomic E-state index is 0.0732. The van der Waals surface area contributed by atoms with Crippen LogP contribution >= 0.6 is 11.6 Å². The van der Waals surface area contributed by atoms with Crippen molar-refractivity contribution in [1.29, 1.82) is 0 Å². The van der Waals surface area contributed by atoms with Crippen LogP contribution in [0, 0.1) is 16.0 Å². The van der Waals surface area contributed by atoms with Crippen LogP contribution in [0.25, 0.3) is 5.65 Å². The van der Waals surface area contributed by atoms with Gasteiger partial charge in [-0.05, 0) is 42.9 Å². The molecule has 0 aliphatic heterocycles. The molecule has 182 valence electrons. The number of amides is 1. The van der Waals surface area contributed by atoms with Gasteiger partial charge in [0.25, 0.3) is 5.69 Å². The molecule has 6 rings (SSSR count). The van der Waals surface area contributed by atoms with Crippen LogP contribution in [0.5, 0.6) is 0 Å². The van der Waals surface area contributed by atoms with Crippen molar-refractivity contribution in [3.8, 4) is 0 Å². The van der Waals surface area contributed by atoms with Crippen molar-refractivity contribution in [2.24, 2.45) is 5.92 Å². The molecule has 1 amide bonds. The molecule has 0 spiro atoms. The molecule has 1 aromatic carbocycles. The number of pyridine rings is 1. The molecule has 2 fully saturated rings. The minimum atomic E-state index is -0.498. The van der Waals surface area contributed by atoms with Gasteiger partial charge in [0, 0.05) is 35.9 Å². The van der Waals surface area contributed by atoms with E-state index in [0.717, 1.165) is 11.3 Å². The average Bonchev–Trinajstić information content (AvgIpc) is 3.78. The maximum absolute atomic E-state index is 12.8. The maximum atomic E-state index is 12.8. The zero-order valence-corrected chi connectivity index (χ0v) is 19.9. The highest BCUT2D eigenvalue weighted by molar-refractivity contribution is 6.32. The second-order valence-electron chi connectivity index (χ2n) is 9.25. The Morgan fingerprint density at radius 1 is 1.17 bits per heavy atom. The molecule has 2 aliphatic carbocycles. The Hall–Kier alpha value is -4.05. The molecule has 10 nitrogen and oxygen atoms in total. The lowest BCUT2D eigenvalue weighted by Crippen LogP contribution is -2.16. The summed E-state index contributed by atoms with van der Waals surface area (Å²) < 4.78 is 2.05. The van der Waals surface area contributed by atoms with Gasteiger partial charge in [0.1, 0.15) is 28.6 Å². The van der Waals surface area contributed by atoms with Gasteiger partial charge in [-0.1, -0.05) is 29.8 Å². The van der Waals surface area contributed by atoms with E-state index >= 15 is 0 Å². The molecule has 36 heavy (non-hydrogen) atoms. The van der Waals surface area contributed by atoms with Gasteiger partial charge in [-0.25, -0.2) is 15.0 Å². The van der Waals surface area contributed by atoms with Crippen molar-refractivity contribution >= 4 is 40.5 Å². The standard InChI is InChI=1S/C25H22ClN7O3/c26-20-3-1-2-17(24(20)33(35)36)18-8-19(18)25(34)31-22-9-21(28-13-29-22)27-10-16-12-32-11-15(14-4-5-14)6-7-23(32)30-16/h1-3,6-7,9,11-14,18-19H,4-5,8,10H2,(H2,27,28,29,31,34)/t18-,19+/m1/s1. The van der Waals surface area contributed by atoms with Crippen LogP contribution in [0.2, 0.25) is 5.02 Å². The average molecular weight is 504 g/mol. The Kier molecular flexibility index (Phi) is 5.52. The zero-order valence-electron chi connectivity index (χ0n) is 19.1. The highest BCUT2D eigenvalue weighted by Gasteiger charge is 2.47. The number of carbonyl (C=O) groups excluding carboxylic acids is 1. The van der Waals surface area contributed by atoms with E-state index in [0.29, 0.717) is 36.1 Å². The van der Waals surface area contributed by atoms with Crippen LogP contribution in [-0.2, 0) is 11.3 Å². The number of benzene rings is 1. The summed E-state index contributed by atoms with van der Waals surface area (Å²) in [5.74, 6) is 0.707. The van der Waals surface area contributed by atoms with Crippen molar-refractivity contribution in [2.45, 2.75) is 37.6 Å². The number of nitro groups is 1. The summed E-state index contributed by atoms with van der Waals surface area (Å²) in [4.78, 5) is 36.7. The van der Waals surface area contributed by atoms with E-state index in [-0.39, 0.29) is 28.5 Å². The number of hydrogen-bond acceptors (Lipinski definition) is 7. The third-order valence-corrected chi connectivity index (χ3v) is 6.97. The van der Waals surface area contributed by atoms with Crippen LogP contribution in [0.3, 0.4) is 0 Å². The molecule has 2 atom stereocenters. The van der Waals surface area contributed by atoms with Crippen LogP contribution in [-0.4, -0.2) is 30.2 Å². The molecule has 2 N–H and O–H groups in total. The lowest BCUT2D eigenvalue weighted by Gasteiger charge is -2.07. The van der Waals surface area contributed by atoms with Crippen molar-refractivity contribution in [2.75, 3.05) is 10.6 Å². The van der Waals surface area contributed by atoms with E-state index in [1.54, 1.807) is 18.2 Å². The van der Waals surface area contributed by atoms with Crippen molar-refractivity contribution in [3.63, 3.8) is 0 Å². The Balaban J connectivity index is 1.09. The van der Waals surface area contributed by atoms with E-state index in [9.17, 15) is 14.9 Å². The van der Waals surface area contributed by atoms with Crippen molar-refractivity contribution < 1.29 is 9.72 Å². The first-order chi connectivity index (χ1) is 17.5. The van der Waals surface area contributed by atoms with E-state index in [2.05, 4.69) is 37.8 Å². The SMILES string of the molecule is O=C(Nc1cc(NCc2cn3cc(C4CC4)ccc3n2)ncn1)[C@H]1C[C@@H]1c1cccc(Cl)c1[N+](=O)[O-]. The number of aromatic nitrogens is 4. The fourth-order valence-corrected chi connectivity index (χ4v) is 4.83. The van der Waals surface area contributed by atoms with E-state index < -0.39 is 4.92 Å². The summed E-state index contributed by atoms with van der Waals surface area (Å²) in [7, 11) is 0. The Bertz CT molecular complexity index is 1500. The maximum Gasteiger partial charge on any atom is 0.291 e. The van der Waals surface area contributed by atoms with Crippen molar-refractivity contribution in [1.82, 2.24) is 19.4 Å². The third kappa shape index (κ3) is 4.47. The Labute approximate surface area is 210 Å². The van der Waals surface area contributed by atoms with Crippen LogP contribution in [0.4, 0.5) is 17.3 Å². The third-order valence-electron chi connectivity index (χ3n) is 6.67. The second-order valence-corrected chi connectivity index (χ2v) is 9.66. The highest BCUT2D eigenvalue weighted by atomic mass is 35.5. The first-order valence-corrected chi connectivity index (χ1v) is 12.1. The lowest BCUT2D eigenvalue weighted by molar-refractivity contribution is -0.385. The quantitative estimate of drug-likeness (QED) is 0.258. The number of nitro benzene ring substituents is 1. The summed E-state index contributed by atoms with van der Waals surface area (Å²) in [5, 5.41) is 17.5. The molecule has 4 aromatic rings. The molecule has 3 heterocycles. The molecule has 0 unspecified atom stereocenters. The van der Waals surface area contributed by atoms with Gasteiger partial charge < -0.3 is 15.0 Å². The van der Waals surface area contributed by atoms with E-state index in [4.69, 9.17) is 11.6 Å². The van der Waals surface area contributed by atoms with Crippen LogP contribution < -0.4 is 10.6 Å². The molecule has 0 saturated heterocycles. The Morgan fingerprint density at radius 2 is 2.00 bits per heavy atom. The fourth-order valence-electron chi connectivity index (χ4n) is 4.58. The summed E-state index contributed by atoms with van der Waals surface area (Å²) in [6.45, 7) is 0.466. The summed E-state index contributed by atoms with van der Waals surface area (Å²) in [6, 6.07) is 10.6. The first kappa shape index (κ1) is 22.4. The molecular weight excluding hydrogens is 482 g/mol. The van der Waals surface area contributed by atoms with Crippen LogP contribution in [0.15, 0.2) is 55.1 Å². The van der Waals surface area contributed by atoms with Gasteiger partial charge in [0.2, 0.25) is 5.91 Å². The van der Waals surface area contributed by atoms with Gasteiger partial charge in [0.15, 0.2) is 0 Å². The van der Waals surface area contributed by atoms with E-state index in [1.165, 1.54) is 30.8 Å². The van der Waals surface area contributed by atoms with Gasteiger partial charge in [-0.3, -0.25) is 14.9 Å². The number of hydrogen-bond donors (Lipinski definition) is 2. The number of fused-ring (bicyclic) bond motifs is 1. The molecule has 2 aliphatic rings. The van der Waals surface area contributed by atoms with Crippen molar-refractivity contribution in [3.05, 3.63) is 87.1 Å². The smallest absolute Gasteiger partial charge is 0.291 e. The molecule has 3 aromatic heterocycles. The molecule has 0 bridgehead atoms. The number of para-hydroxylation sites is 1. The highest BCUT2D eigenvalue weighted by Crippen LogP contribution is 2.51. The fraction of sp³-hybridized carbons (Fsp3) is 0.280. The topological polar surface area (TPSA) is 127 Å². The number of halogens is 1. The number of imidazole rings is 1. The van der Waals surface area contributed by atoms with E-state index in [1.807, 2.05) is 16.7 Å².